The van der Waals surface area contributed by atoms with Gasteiger partial charge >= 0.3 is 0 Å². The van der Waals surface area contributed by atoms with Gasteiger partial charge in [0.1, 0.15) is 0 Å². The average molecular weight is 339 g/mol. The molecule has 0 unspecified atom stereocenters. The van der Waals surface area contributed by atoms with Gasteiger partial charge in [-0.15, -0.1) is 0 Å². The van der Waals surface area contributed by atoms with E-state index in [2.05, 4.69) is 14.9 Å². The van der Waals surface area contributed by atoms with Crippen LogP contribution in [0.2, 0.25) is 0 Å². The molecular weight excluding hydrogens is 318 g/mol. The molecular formula is C19H21N3O3. The largest absolute Gasteiger partial charge is 0.493 e. The van der Waals surface area contributed by atoms with E-state index in [1.165, 1.54) is 0 Å². The Hall–Kier alpha value is -2.76. The van der Waals surface area contributed by atoms with Crippen molar-refractivity contribution in [3.63, 3.8) is 0 Å². The van der Waals surface area contributed by atoms with E-state index in [1.807, 2.05) is 37.6 Å². The van der Waals surface area contributed by atoms with Gasteiger partial charge in [-0.25, -0.2) is 4.98 Å². The molecule has 0 aliphatic heterocycles. The first-order valence-electron chi connectivity index (χ1n) is 8.53. The zero-order valence-electron chi connectivity index (χ0n) is 14.4. The number of rotatable bonds is 4. The number of benzene rings is 1. The molecule has 6 heteroatoms. The predicted molar refractivity (Wildman–Crippen MR) is 93.9 cm³/mol. The number of para-hydroxylation sites is 1. The molecule has 2 heterocycles. The van der Waals surface area contributed by atoms with Crippen LogP contribution in [0.3, 0.4) is 0 Å². The molecule has 1 aromatic carbocycles. The van der Waals surface area contributed by atoms with Gasteiger partial charge in [-0.2, -0.15) is 0 Å². The molecule has 0 spiro atoms. The maximum Gasteiger partial charge on any atom is 0.287 e. The van der Waals surface area contributed by atoms with E-state index in [0.29, 0.717) is 17.1 Å². The number of nitrogens with zero attached hydrogens (tertiary/aromatic N) is 2. The molecule has 2 aromatic heterocycles. The fourth-order valence-corrected chi connectivity index (χ4v) is 3.76. The molecule has 130 valence electrons. The molecule has 1 N–H and O–H groups in total. The van der Waals surface area contributed by atoms with Crippen molar-refractivity contribution in [3.8, 4) is 5.75 Å². The number of aryl methyl sites for hydroxylation is 1. The molecule has 1 amide bonds. The van der Waals surface area contributed by atoms with Crippen LogP contribution in [-0.2, 0) is 0 Å². The van der Waals surface area contributed by atoms with Crippen molar-refractivity contribution in [2.45, 2.75) is 38.3 Å². The third-order valence-electron chi connectivity index (χ3n) is 5.06. The number of aromatic nitrogens is 2. The minimum absolute atomic E-state index is 0.0798. The molecule has 6 nitrogen and oxygen atoms in total. The monoisotopic (exact) mass is 339 g/mol. The molecule has 0 saturated heterocycles. The Morgan fingerprint density at radius 1 is 1.40 bits per heavy atom. The van der Waals surface area contributed by atoms with Gasteiger partial charge in [0.05, 0.1) is 25.5 Å². The van der Waals surface area contributed by atoms with Crippen LogP contribution in [0.15, 0.2) is 41.3 Å². The summed E-state index contributed by atoms with van der Waals surface area (Å²) < 4.78 is 13.3. The Morgan fingerprint density at radius 2 is 2.28 bits per heavy atom. The van der Waals surface area contributed by atoms with Crippen LogP contribution in [0.5, 0.6) is 5.75 Å². The fraction of sp³-hybridized carbons (Fsp3) is 0.368. The van der Waals surface area contributed by atoms with Crippen LogP contribution in [0.1, 0.15) is 41.4 Å². The maximum absolute atomic E-state index is 12.8. The lowest BCUT2D eigenvalue weighted by molar-refractivity contribution is 0.0902. The van der Waals surface area contributed by atoms with Crippen LogP contribution < -0.4 is 10.1 Å². The van der Waals surface area contributed by atoms with E-state index in [9.17, 15) is 4.79 Å². The van der Waals surface area contributed by atoms with Crippen LogP contribution >= 0.6 is 0 Å². The van der Waals surface area contributed by atoms with Crippen LogP contribution in [-0.4, -0.2) is 28.6 Å². The number of carbonyl (C=O) groups excluding carboxylic acids is 1. The first kappa shape index (κ1) is 15.7. The number of furan rings is 1. The number of amides is 1. The highest BCUT2D eigenvalue weighted by Gasteiger charge is 2.31. The minimum Gasteiger partial charge on any atom is -0.493 e. The molecule has 0 bridgehead atoms. The quantitative estimate of drug-likeness (QED) is 0.790. The molecule has 1 aliphatic rings. The highest BCUT2D eigenvalue weighted by molar-refractivity contribution is 6.00. The number of carbonyl (C=O) groups is 1. The number of imidazole rings is 1. The van der Waals surface area contributed by atoms with E-state index in [1.54, 1.807) is 13.3 Å². The molecule has 25 heavy (non-hydrogen) atoms. The standard InChI is InChI=1S/C19H21N3O3/c1-12-13-5-3-8-16(24-2)18(13)25-17(12)19(23)21-14-6-4-7-15(14)22-10-9-20-11-22/h3,5,8-11,14-15H,4,6-7H2,1-2H3,(H,21,23)/t14-,15+/m0/s1. The second-order valence-corrected chi connectivity index (χ2v) is 6.48. The first-order valence-corrected chi connectivity index (χ1v) is 8.53. The van der Waals surface area contributed by atoms with E-state index in [0.717, 1.165) is 30.2 Å². The van der Waals surface area contributed by atoms with E-state index in [4.69, 9.17) is 9.15 Å². The maximum atomic E-state index is 12.8. The van der Waals surface area contributed by atoms with Gasteiger partial charge in [-0.3, -0.25) is 4.79 Å². The van der Waals surface area contributed by atoms with Crippen molar-refractivity contribution in [2.24, 2.45) is 0 Å². The Morgan fingerprint density at radius 3 is 3.04 bits per heavy atom. The molecule has 4 rings (SSSR count). The van der Waals surface area contributed by atoms with Gasteiger partial charge in [0.15, 0.2) is 17.1 Å². The SMILES string of the molecule is COc1cccc2c(C)c(C(=O)N[C@H]3CCC[C@H]3n3ccnc3)oc12. The zero-order chi connectivity index (χ0) is 17.4. The summed E-state index contributed by atoms with van der Waals surface area (Å²) in [4.78, 5) is 17.0. The Labute approximate surface area is 145 Å². The Balaban J connectivity index is 1.61. The van der Waals surface area contributed by atoms with Crippen molar-refractivity contribution < 1.29 is 13.9 Å². The minimum atomic E-state index is -0.173. The number of methoxy groups -OCH3 is 1. The summed E-state index contributed by atoms with van der Waals surface area (Å²) in [5.41, 5.74) is 1.45. The second-order valence-electron chi connectivity index (χ2n) is 6.48. The Kier molecular flexibility index (Phi) is 3.95. The third kappa shape index (κ3) is 2.67. The van der Waals surface area contributed by atoms with Crippen LogP contribution in [0.25, 0.3) is 11.0 Å². The fourth-order valence-electron chi connectivity index (χ4n) is 3.76. The van der Waals surface area contributed by atoms with Crippen molar-refractivity contribution in [2.75, 3.05) is 7.11 Å². The van der Waals surface area contributed by atoms with Crippen molar-refractivity contribution in [3.05, 3.63) is 48.2 Å². The van der Waals surface area contributed by atoms with Gasteiger partial charge in [-0.1, -0.05) is 12.1 Å². The first-order chi connectivity index (χ1) is 12.2. The number of ether oxygens (including phenoxy) is 1. The van der Waals surface area contributed by atoms with Gasteiger partial charge in [0.25, 0.3) is 5.91 Å². The highest BCUT2D eigenvalue weighted by Crippen LogP contribution is 2.33. The van der Waals surface area contributed by atoms with Crippen molar-refractivity contribution in [1.82, 2.24) is 14.9 Å². The summed E-state index contributed by atoms with van der Waals surface area (Å²) in [5.74, 6) is 0.820. The predicted octanol–water partition coefficient (Wildman–Crippen LogP) is 3.47. The summed E-state index contributed by atoms with van der Waals surface area (Å²) in [6.45, 7) is 1.90. The molecule has 0 radical (unpaired) electrons. The highest BCUT2D eigenvalue weighted by atomic mass is 16.5. The third-order valence-corrected chi connectivity index (χ3v) is 5.06. The van der Waals surface area contributed by atoms with E-state index in [-0.39, 0.29) is 18.0 Å². The number of hydrogen-bond acceptors (Lipinski definition) is 4. The van der Waals surface area contributed by atoms with Crippen LogP contribution in [0, 0.1) is 6.92 Å². The zero-order valence-corrected chi connectivity index (χ0v) is 14.4. The number of hydrogen-bond donors (Lipinski definition) is 1. The van der Waals surface area contributed by atoms with Gasteiger partial charge in [-0.05, 0) is 32.3 Å². The molecule has 1 aliphatic carbocycles. The molecule has 1 saturated carbocycles. The summed E-state index contributed by atoms with van der Waals surface area (Å²) >= 11 is 0. The average Bonchev–Trinajstić information content (AvgIpc) is 3.34. The van der Waals surface area contributed by atoms with E-state index >= 15 is 0 Å². The smallest absolute Gasteiger partial charge is 0.287 e. The summed E-state index contributed by atoms with van der Waals surface area (Å²) in [6.07, 6.45) is 8.61. The topological polar surface area (TPSA) is 69.3 Å². The summed E-state index contributed by atoms with van der Waals surface area (Å²) in [7, 11) is 1.60. The Bertz CT molecular complexity index is 898. The van der Waals surface area contributed by atoms with Gasteiger partial charge < -0.3 is 19.0 Å². The van der Waals surface area contributed by atoms with Crippen LogP contribution in [0.4, 0.5) is 0 Å². The number of fused-ring (bicyclic) bond motifs is 1. The molecule has 1 fully saturated rings. The van der Waals surface area contributed by atoms with Crippen molar-refractivity contribution >= 4 is 16.9 Å². The normalized spacial score (nSPS) is 20.1. The second kappa shape index (κ2) is 6.27. The lowest BCUT2D eigenvalue weighted by Crippen LogP contribution is -2.38. The summed E-state index contributed by atoms with van der Waals surface area (Å²) in [5, 5.41) is 4.06. The lowest BCUT2D eigenvalue weighted by atomic mass is 10.1. The lowest BCUT2D eigenvalue weighted by Gasteiger charge is -2.21. The van der Waals surface area contributed by atoms with Gasteiger partial charge in [0.2, 0.25) is 0 Å². The van der Waals surface area contributed by atoms with E-state index < -0.39 is 0 Å². The number of nitrogens with one attached hydrogen (secondary N) is 1. The van der Waals surface area contributed by atoms with Crippen molar-refractivity contribution in [1.29, 1.82) is 0 Å². The molecule has 2 atom stereocenters. The van der Waals surface area contributed by atoms with Gasteiger partial charge in [0, 0.05) is 23.3 Å². The molecule has 3 aromatic rings. The summed E-state index contributed by atoms with van der Waals surface area (Å²) in [6, 6.07) is 6.00.